The van der Waals surface area contributed by atoms with Crippen molar-refractivity contribution in [3.8, 4) is 17.2 Å². The number of rotatable bonds is 7. The third kappa shape index (κ3) is 3.93. The summed E-state index contributed by atoms with van der Waals surface area (Å²) in [5.74, 6) is 2.05. The minimum Gasteiger partial charge on any atom is -0.493 e. The second-order valence-corrected chi connectivity index (χ2v) is 7.98. The van der Waals surface area contributed by atoms with Gasteiger partial charge < -0.3 is 19.1 Å². The molecule has 0 aliphatic carbocycles. The first-order valence-electron chi connectivity index (χ1n) is 8.06. The molecule has 1 aromatic rings. The lowest BCUT2D eigenvalue weighted by Gasteiger charge is -2.31. The maximum atomic E-state index is 11.9. The van der Waals surface area contributed by atoms with Gasteiger partial charge in [-0.15, -0.1) is 0 Å². The predicted octanol–water partition coefficient (Wildman–Crippen LogP) is -0.237. The van der Waals surface area contributed by atoms with Crippen molar-refractivity contribution in [1.82, 2.24) is 4.31 Å². The molecular formula is C16H27N2O5S+. The number of ether oxygens (including phenoxy) is 3. The van der Waals surface area contributed by atoms with Crippen LogP contribution < -0.4 is 19.1 Å². The lowest BCUT2D eigenvalue weighted by molar-refractivity contribution is -0.917. The summed E-state index contributed by atoms with van der Waals surface area (Å²) in [6.07, 6.45) is 0. The summed E-state index contributed by atoms with van der Waals surface area (Å²) in [7, 11) is 1.70. The van der Waals surface area contributed by atoms with Gasteiger partial charge in [0.1, 0.15) is 6.54 Å². The van der Waals surface area contributed by atoms with Crippen molar-refractivity contribution in [1.29, 1.82) is 0 Å². The van der Waals surface area contributed by atoms with Gasteiger partial charge in [0, 0.05) is 0 Å². The molecule has 2 rings (SSSR count). The Kier molecular flexibility index (Phi) is 6.31. The molecule has 1 aliphatic heterocycles. The van der Waals surface area contributed by atoms with Crippen LogP contribution in [0.15, 0.2) is 12.1 Å². The molecule has 1 heterocycles. The number of methoxy groups -OCH3 is 3. The fourth-order valence-corrected chi connectivity index (χ4v) is 4.12. The molecule has 0 atom stereocenters. The van der Waals surface area contributed by atoms with Crippen LogP contribution in [0.25, 0.3) is 0 Å². The van der Waals surface area contributed by atoms with Gasteiger partial charge in [-0.1, -0.05) is 0 Å². The summed E-state index contributed by atoms with van der Waals surface area (Å²) in [6, 6.07) is 3.84. The molecule has 7 nitrogen and oxygen atoms in total. The van der Waals surface area contributed by atoms with Gasteiger partial charge in [-0.05, 0) is 19.1 Å². The van der Waals surface area contributed by atoms with Crippen molar-refractivity contribution in [2.75, 3.05) is 53.3 Å². The van der Waals surface area contributed by atoms with E-state index in [0.717, 1.165) is 25.2 Å². The number of benzene rings is 1. The Morgan fingerprint density at radius 1 is 1.04 bits per heavy atom. The maximum Gasteiger partial charge on any atom is 0.214 e. The summed E-state index contributed by atoms with van der Waals surface area (Å²) in [6.45, 7) is 5.10. The SMILES string of the molecule is CCS(=O)(=O)N1CC[NH+](Cc2ccc(OC)c(OC)c2OC)CC1. The number of sulfonamides is 1. The van der Waals surface area contributed by atoms with Crippen LogP contribution >= 0.6 is 0 Å². The van der Waals surface area contributed by atoms with Crippen LogP contribution in [-0.2, 0) is 16.6 Å². The standard InChI is InChI=1S/C16H26N2O5S/c1-5-24(19,20)18-10-8-17(9-11-18)12-13-6-7-14(21-2)16(23-4)15(13)22-3/h6-7H,5,8-12H2,1-4H3/p+1. The topological polar surface area (TPSA) is 69.5 Å². The summed E-state index contributed by atoms with van der Waals surface area (Å²) in [5, 5.41) is 0. The van der Waals surface area contributed by atoms with Crippen molar-refractivity contribution >= 4 is 10.0 Å². The normalized spacial score (nSPS) is 16.8. The Hall–Kier alpha value is -1.51. The number of hydrogen-bond donors (Lipinski definition) is 1. The van der Waals surface area contributed by atoms with Gasteiger partial charge in [-0.3, -0.25) is 0 Å². The van der Waals surface area contributed by atoms with E-state index in [1.807, 2.05) is 12.1 Å². The van der Waals surface area contributed by atoms with Gasteiger partial charge in [0.15, 0.2) is 11.5 Å². The smallest absolute Gasteiger partial charge is 0.214 e. The summed E-state index contributed by atoms with van der Waals surface area (Å²) in [4.78, 5) is 1.32. The van der Waals surface area contributed by atoms with Gasteiger partial charge >= 0.3 is 0 Å². The van der Waals surface area contributed by atoms with E-state index in [-0.39, 0.29) is 5.75 Å². The number of hydrogen-bond acceptors (Lipinski definition) is 5. The van der Waals surface area contributed by atoms with Crippen LogP contribution in [0, 0.1) is 0 Å². The summed E-state index contributed by atoms with van der Waals surface area (Å²) in [5.41, 5.74) is 1.02. The molecule has 136 valence electrons. The second kappa shape index (κ2) is 8.04. The van der Waals surface area contributed by atoms with Crippen LogP contribution in [-0.4, -0.2) is 66.0 Å². The zero-order valence-corrected chi connectivity index (χ0v) is 15.6. The van der Waals surface area contributed by atoms with Gasteiger partial charge in [0.2, 0.25) is 15.8 Å². The average molecular weight is 359 g/mol. The number of piperazine rings is 1. The molecule has 1 saturated heterocycles. The Labute approximate surface area is 144 Å². The lowest BCUT2D eigenvalue weighted by atomic mass is 10.1. The van der Waals surface area contributed by atoms with Crippen LogP contribution in [0.1, 0.15) is 12.5 Å². The van der Waals surface area contributed by atoms with E-state index in [1.165, 1.54) is 4.90 Å². The van der Waals surface area contributed by atoms with Crippen molar-refractivity contribution in [2.24, 2.45) is 0 Å². The molecule has 0 bridgehead atoms. The Balaban J connectivity index is 2.10. The highest BCUT2D eigenvalue weighted by molar-refractivity contribution is 7.89. The quantitative estimate of drug-likeness (QED) is 0.728. The van der Waals surface area contributed by atoms with Crippen LogP contribution in [0.2, 0.25) is 0 Å². The molecular weight excluding hydrogens is 332 g/mol. The highest BCUT2D eigenvalue weighted by atomic mass is 32.2. The fraction of sp³-hybridized carbons (Fsp3) is 0.625. The van der Waals surface area contributed by atoms with Gasteiger partial charge in [0.05, 0.1) is 58.8 Å². The molecule has 0 radical (unpaired) electrons. The first-order chi connectivity index (χ1) is 11.5. The molecule has 1 aliphatic rings. The third-order valence-electron chi connectivity index (χ3n) is 4.41. The third-order valence-corrected chi connectivity index (χ3v) is 6.30. The van der Waals surface area contributed by atoms with Crippen molar-refractivity contribution < 1.29 is 27.5 Å². The molecule has 1 fully saturated rings. The molecule has 0 saturated carbocycles. The zero-order valence-electron chi connectivity index (χ0n) is 14.8. The molecule has 24 heavy (non-hydrogen) atoms. The average Bonchev–Trinajstić information content (AvgIpc) is 2.61. The van der Waals surface area contributed by atoms with Crippen molar-refractivity contribution in [2.45, 2.75) is 13.5 Å². The van der Waals surface area contributed by atoms with Crippen LogP contribution in [0.5, 0.6) is 17.2 Å². The highest BCUT2D eigenvalue weighted by Crippen LogP contribution is 2.39. The molecule has 0 aromatic heterocycles. The number of nitrogens with zero attached hydrogens (tertiary/aromatic N) is 1. The lowest BCUT2D eigenvalue weighted by Crippen LogP contribution is -3.13. The Morgan fingerprint density at radius 3 is 2.17 bits per heavy atom. The fourth-order valence-electron chi connectivity index (χ4n) is 3.01. The van der Waals surface area contributed by atoms with Crippen LogP contribution in [0.4, 0.5) is 0 Å². The second-order valence-electron chi connectivity index (χ2n) is 5.72. The zero-order chi connectivity index (χ0) is 17.7. The van der Waals surface area contributed by atoms with E-state index >= 15 is 0 Å². The van der Waals surface area contributed by atoms with Crippen LogP contribution in [0.3, 0.4) is 0 Å². The molecule has 0 amide bonds. The van der Waals surface area contributed by atoms with E-state index in [4.69, 9.17) is 14.2 Å². The molecule has 1 N–H and O–H groups in total. The Bertz CT molecular complexity index is 655. The monoisotopic (exact) mass is 359 g/mol. The van der Waals surface area contributed by atoms with Crippen molar-refractivity contribution in [3.63, 3.8) is 0 Å². The first kappa shape index (κ1) is 18.8. The summed E-state index contributed by atoms with van der Waals surface area (Å²) < 4.78 is 41.7. The Morgan fingerprint density at radius 2 is 1.67 bits per heavy atom. The minimum atomic E-state index is -3.09. The van der Waals surface area contributed by atoms with E-state index < -0.39 is 10.0 Å². The van der Waals surface area contributed by atoms with Crippen molar-refractivity contribution in [3.05, 3.63) is 17.7 Å². The highest BCUT2D eigenvalue weighted by Gasteiger charge is 2.28. The van der Waals surface area contributed by atoms with Gasteiger partial charge in [-0.25, -0.2) is 8.42 Å². The van der Waals surface area contributed by atoms with E-state index in [0.29, 0.717) is 30.3 Å². The maximum absolute atomic E-state index is 11.9. The van der Waals surface area contributed by atoms with E-state index in [2.05, 4.69) is 0 Å². The summed E-state index contributed by atoms with van der Waals surface area (Å²) >= 11 is 0. The molecule has 0 unspecified atom stereocenters. The van der Waals surface area contributed by atoms with E-state index in [9.17, 15) is 8.42 Å². The molecule has 8 heteroatoms. The largest absolute Gasteiger partial charge is 0.493 e. The van der Waals surface area contributed by atoms with Gasteiger partial charge in [0.25, 0.3) is 0 Å². The molecule has 0 spiro atoms. The van der Waals surface area contributed by atoms with Gasteiger partial charge in [-0.2, -0.15) is 4.31 Å². The predicted molar refractivity (Wildman–Crippen MR) is 91.5 cm³/mol. The number of quaternary nitrogens is 1. The first-order valence-corrected chi connectivity index (χ1v) is 9.67. The van der Waals surface area contributed by atoms with E-state index in [1.54, 1.807) is 32.6 Å². The number of nitrogens with one attached hydrogen (secondary N) is 1. The minimum absolute atomic E-state index is 0.159. The molecule has 1 aromatic carbocycles.